The van der Waals surface area contributed by atoms with Crippen molar-refractivity contribution in [2.24, 2.45) is 0 Å². The van der Waals surface area contributed by atoms with Crippen molar-refractivity contribution in [2.75, 3.05) is 5.32 Å². The molecule has 98 valence electrons. The van der Waals surface area contributed by atoms with Gasteiger partial charge in [0.1, 0.15) is 0 Å². The lowest BCUT2D eigenvalue weighted by Gasteiger charge is -2.16. The van der Waals surface area contributed by atoms with E-state index >= 15 is 0 Å². The van der Waals surface area contributed by atoms with Gasteiger partial charge in [-0.05, 0) is 25.8 Å². The van der Waals surface area contributed by atoms with E-state index in [9.17, 15) is 9.90 Å². The quantitative estimate of drug-likeness (QED) is 0.770. The average molecular weight is 248 g/mol. The summed E-state index contributed by atoms with van der Waals surface area (Å²) in [6, 6.07) is 7.42. The molecule has 0 heterocycles. The van der Waals surface area contributed by atoms with Crippen molar-refractivity contribution < 1.29 is 9.90 Å². The standard InChI is InChI=1S/C14H20N2O2/c1-10(17)12-8-4-5-9-13(12)16-14(18)15-11-6-2-3-7-11/h4-5,8-11,17H,2-3,6-7H2,1H3,(H2,15,16,18). The molecule has 2 amide bonds. The first-order valence-corrected chi connectivity index (χ1v) is 6.51. The van der Waals surface area contributed by atoms with Gasteiger partial charge in [0, 0.05) is 17.3 Å². The van der Waals surface area contributed by atoms with Crippen molar-refractivity contribution in [3.8, 4) is 0 Å². The molecule has 1 unspecified atom stereocenters. The van der Waals surface area contributed by atoms with Gasteiger partial charge in [-0.25, -0.2) is 4.79 Å². The van der Waals surface area contributed by atoms with Crippen LogP contribution in [0.25, 0.3) is 0 Å². The average Bonchev–Trinajstić information content (AvgIpc) is 2.82. The number of nitrogens with one attached hydrogen (secondary N) is 2. The highest BCUT2D eigenvalue weighted by molar-refractivity contribution is 5.90. The number of amides is 2. The van der Waals surface area contributed by atoms with Crippen molar-refractivity contribution in [3.63, 3.8) is 0 Å². The maximum Gasteiger partial charge on any atom is 0.319 e. The number of benzene rings is 1. The largest absolute Gasteiger partial charge is 0.389 e. The molecule has 1 saturated carbocycles. The van der Waals surface area contributed by atoms with Gasteiger partial charge in [0.05, 0.1) is 6.10 Å². The Morgan fingerprint density at radius 3 is 2.67 bits per heavy atom. The number of hydrogen-bond acceptors (Lipinski definition) is 2. The molecular formula is C14H20N2O2. The number of hydrogen-bond donors (Lipinski definition) is 3. The Balaban J connectivity index is 1.97. The van der Waals surface area contributed by atoms with Crippen LogP contribution in [0.5, 0.6) is 0 Å². The monoisotopic (exact) mass is 248 g/mol. The zero-order valence-electron chi connectivity index (χ0n) is 10.6. The molecule has 18 heavy (non-hydrogen) atoms. The summed E-state index contributed by atoms with van der Waals surface area (Å²) in [6.07, 6.45) is 3.91. The molecule has 1 aliphatic carbocycles. The molecule has 1 aliphatic rings. The molecule has 1 aromatic carbocycles. The minimum atomic E-state index is -0.590. The van der Waals surface area contributed by atoms with Gasteiger partial charge in [-0.2, -0.15) is 0 Å². The highest BCUT2D eigenvalue weighted by Crippen LogP contribution is 2.22. The van der Waals surface area contributed by atoms with Gasteiger partial charge >= 0.3 is 6.03 Å². The van der Waals surface area contributed by atoms with E-state index in [2.05, 4.69) is 10.6 Å². The van der Waals surface area contributed by atoms with Gasteiger partial charge in [-0.3, -0.25) is 0 Å². The molecule has 3 N–H and O–H groups in total. The second-order valence-corrected chi connectivity index (χ2v) is 4.84. The van der Waals surface area contributed by atoms with E-state index < -0.39 is 6.10 Å². The Kier molecular flexibility index (Phi) is 4.20. The zero-order valence-corrected chi connectivity index (χ0v) is 10.6. The number of carbonyl (C=O) groups excluding carboxylic acids is 1. The van der Waals surface area contributed by atoms with Gasteiger partial charge in [-0.15, -0.1) is 0 Å². The van der Waals surface area contributed by atoms with Gasteiger partial charge in [0.25, 0.3) is 0 Å². The Morgan fingerprint density at radius 1 is 1.33 bits per heavy atom. The molecule has 2 rings (SSSR count). The number of para-hydroxylation sites is 1. The molecule has 4 nitrogen and oxygen atoms in total. The first-order chi connectivity index (χ1) is 8.66. The molecule has 0 bridgehead atoms. The van der Waals surface area contributed by atoms with Crippen LogP contribution in [0.3, 0.4) is 0 Å². The van der Waals surface area contributed by atoms with Crippen molar-refractivity contribution in [2.45, 2.75) is 44.8 Å². The topological polar surface area (TPSA) is 61.4 Å². The van der Waals surface area contributed by atoms with E-state index in [1.54, 1.807) is 13.0 Å². The van der Waals surface area contributed by atoms with E-state index in [-0.39, 0.29) is 6.03 Å². The maximum atomic E-state index is 11.8. The summed E-state index contributed by atoms with van der Waals surface area (Å²) in [7, 11) is 0. The lowest BCUT2D eigenvalue weighted by Crippen LogP contribution is -2.36. The number of aliphatic hydroxyl groups is 1. The summed E-state index contributed by atoms with van der Waals surface area (Å²) < 4.78 is 0. The lowest BCUT2D eigenvalue weighted by molar-refractivity contribution is 0.200. The second-order valence-electron chi connectivity index (χ2n) is 4.84. The smallest absolute Gasteiger partial charge is 0.319 e. The van der Waals surface area contributed by atoms with E-state index in [4.69, 9.17) is 0 Å². The van der Waals surface area contributed by atoms with Gasteiger partial charge in [0.15, 0.2) is 0 Å². The summed E-state index contributed by atoms with van der Waals surface area (Å²) in [5, 5.41) is 15.4. The number of rotatable bonds is 3. The van der Waals surface area contributed by atoms with Crippen LogP contribution in [0.15, 0.2) is 24.3 Å². The molecule has 1 aromatic rings. The fraction of sp³-hybridized carbons (Fsp3) is 0.500. The number of aliphatic hydroxyl groups excluding tert-OH is 1. The van der Waals surface area contributed by atoms with Crippen molar-refractivity contribution in [3.05, 3.63) is 29.8 Å². The first kappa shape index (κ1) is 12.9. The predicted molar refractivity (Wildman–Crippen MR) is 71.5 cm³/mol. The van der Waals surface area contributed by atoms with Crippen LogP contribution in [0.4, 0.5) is 10.5 Å². The van der Waals surface area contributed by atoms with Crippen molar-refractivity contribution in [1.29, 1.82) is 0 Å². The van der Waals surface area contributed by atoms with Gasteiger partial charge in [-0.1, -0.05) is 31.0 Å². The third kappa shape index (κ3) is 3.23. The fourth-order valence-electron chi connectivity index (χ4n) is 2.39. The normalized spacial score (nSPS) is 17.4. The molecule has 0 aliphatic heterocycles. The van der Waals surface area contributed by atoms with E-state index in [0.717, 1.165) is 18.4 Å². The van der Waals surface area contributed by atoms with Crippen molar-refractivity contribution >= 4 is 11.7 Å². The molecular weight excluding hydrogens is 228 g/mol. The van der Waals surface area contributed by atoms with Crippen LogP contribution in [0.1, 0.15) is 44.3 Å². The number of urea groups is 1. The molecule has 1 atom stereocenters. The first-order valence-electron chi connectivity index (χ1n) is 6.51. The molecule has 0 radical (unpaired) electrons. The highest BCUT2D eigenvalue weighted by Gasteiger charge is 2.17. The van der Waals surface area contributed by atoms with Crippen LogP contribution >= 0.6 is 0 Å². The second kappa shape index (κ2) is 5.87. The summed E-state index contributed by atoms with van der Waals surface area (Å²) in [5.74, 6) is 0. The SMILES string of the molecule is CC(O)c1ccccc1NC(=O)NC1CCCC1. The van der Waals surface area contributed by atoms with E-state index in [0.29, 0.717) is 11.7 Å². The predicted octanol–water partition coefficient (Wildman–Crippen LogP) is 2.80. The van der Waals surface area contributed by atoms with Gasteiger partial charge in [0.2, 0.25) is 0 Å². The van der Waals surface area contributed by atoms with E-state index in [1.807, 2.05) is 18.2 Å². The summed E-state index contributed by atoms with van der Waals surface area (Å²) in [5.41, 5.74) is 1.40. The fourth-order valence-corrected chi connectivity index (χ4v) is 2.39. The Morgan fingerprint density at radius 2 is 2.00 bits per heavy atom. The molecule has 0 saturated heterocycles. The summed E-state index contributed by atoms with van der Waals surface area (Å²) >= 11 is 0. The molecule has 4 heteroatoms. The minimum Gasteiger partial charge on any atom is -0.389 e. The van der Waals surface area contributed by atoms with Crippen molar-refractivity contribution in [1.82, 2.24) is 5.32 Å². The lowest BCUT2D eigenvalue weighted by atomic mass is 10.1. The minimum absolute atomic E-state index is 0.185. The Hall–Kier alpha value is -1.55. The van der Waals surface area contributed by atoms with E-state index in [1.165, 1.54) is 12.8 Å². The Bertz CT molecular complexity index is 412. The number of carbonyl (C=O) groups is 1. The molecule has 1 fully saturated rings. The molecule has 0 spiro atoms. The van der Waals surface area contributed by atoms with Gasteiger partial charge < -0.3 is 15.7 Å². The van der Waals surface area contributed by atoms with Crippen LogP contribution < -0.4 is 10.6 Å². The maximum absolute atomic E-state index is 11.8. The number of anilines is 1. The highest BCUT2D eigenvalue weighted by atomic mass is 16.3. The zero-order chi connectivity index (χ0) is 13.0. The van der Waals surface area contributed by atoms with Crippen LogP contribution in [-0.2, 0) is 0 Å². The third-order valence-corrected chi connectivity index (χ3v) is 3.35. The summed E-state index contributed by atoms with van der Waals surface area (Å²) in [4.78, 5) is 11.8. The van der Waals surface area contributed by atoms with Crippen LogP contribution in [0.2, 0.25) is 0 Å². The van der Waals surface area contributed by atoms with Crippen LogP contribution in [-0.4, -0.2) is 17.2 Å². The Labute approximate surface area is 107 Å². The third-order valence-electron chi connectivity index (χ3n) is 3.35. The molecule has 0 aromatic heterocycles. The summed E-state index contributed by atoms with van der Waals surface area (Å²) in [6.45, 7) is 1.69. The van der Waals surface area contributed by atoms with Crippen LogP contribution in [0, 0.1) is 0 Å².